The summed E-state index contributed by atoms with van der Waals surface area (Å²) in [7, 11) is 0. The summed E-state index contributed by atoms with van der Waals surface area (Å²) in [6.45, 7) is 6.03. The molecule has 0 saturated heterocycles. The Hall–Kier alpha value is -0.530. The van der Waals surface area contributed by atoms with Gasteiger partial charge in [0.25, 0.3) is 6.47 Å². The first-order valence-corrected chi connectivity index (χ1v) is 6.29. The average molecular weight is 210 g/mol. The van der Waals surface area contributed by atoms with Gasteiger partial charge in [-0.25, -0.2) is 0 Å². The Kier molecular flexibility index (Phi) is 3.32. The normalized spacial score (nSPS) is 44.8. The number of ether oxygens (including phenoxy) is 1. The molecular weight excluding hydrogens is 188 g/mol. The van der Waals surface area contributed by atoms with Crippen molar-refractivity contribution in [1.82, 2.24) is 0 Å². The first kappa shape index (κ1) is 11.0. The lowest BCUT2D eigenvalue weighted by molar-refractivity contribution is -0.130. The average Bonchev–Trinajstić information content (AvgIpc) is 2.65. The van der Waals surface area contributed by atoms with Gasteiger partial charge in [-0.2, -0.15) is 0 Å². The van der Waals surface area contributed by atoms with E-state index in [9.17, 15) is 4.79 Å². The van der Waals surface area contributed by atoms with E-state index in [-0.39, 0.29) is 0 Å². The molecule has 0 radical (unpaired) electrons. The van der Waals surface area contributed by atoms with E-state index in [1.54, 1.807) is 0 Å². The molecule has 0 spiro atoms. The number of hydrogen-bond donors (Lipinski definition) is 0. The summed E-state index contributed by atoms with van der Waals surface area (Å²) in [4.78, 5) is 10.2. The van der Waals surface area contributed by atoms with Crippen LogP contribution in [0.15, 0.2) is 0 Å². The van der Waals surface area contributed by atoms with Gasteiger partial charge in [-0.15, -0.1) is 0 Å². The molecule has 2 fully saturated rings. The molecule has 0 N–H and O–H groups in total. The van der Waals surface area contributed by atoms with Crippen LogP contribution < -0.4 is 0 Å². The lowest BCUT2D eigenvalue weighted by Gasteiger charge is -2.39. The molecule has 0 aliphatic heterocycles. The SMILES string of the molecule is CC1CCC(C)C2C(COC=O)CCC12. The summed E-state index contributed by atoms with van der Waals surface area (Å²) < 4.78 is 4.97. The maximum Gasteiger partial charge on any atom is 0.293 e. The summed E-state index contributed by atoms with van der Waals surface area (Å²) in [5, 5.41) is 0. The molecule has 5 unspecified atom stereocenters. The van der Waals surface area contributed by atoms with Gasteiger partial charge < -0.3 is 4.74 Å². The summed E-state index contributed by atoms with van der Waals surface area (Å²) in [6, 6.07) is 0. The molecule has 5 atom stereocenters. The van der Waals surface area contributed by atoms with Crippen molar-refractivity contribution in [2.75, 3.05) is 6.61 Å². The number of hydrogen-bond acceptors (Lipinski definition) is 2. The van der Waals surface area contributed by atoms with Gasteiger partial charge in [0.2, 0.25) is 0 Å². The van der Waals surface area contributed by atoms with Gasteiger partial charge in [-0.05, 0) is 42.4 Å². The highest BCUT2D eigenvalue weighted by Crippen LogP contribution is 2.50. The zero-order valence-corrected chi connectivity index (χ0v) is 9.82. The van der Waals surface area contributed by atoms with Gasteiger partial charge in [0.15, 0.2) is 0 Å². The molecule has 15 heavy (non-hydrogen) atoms. The van der Waals surface area contributed by atoms with Crippen molar-refractivity contribution in [2.45, 2.75) is 39.5 Å². The molecule has 2 heteroatoms. The van der Waals surface area contributed by atoms with Crippen LogP contribution >= 0.6 is 0 Å². The zero-order chi connectivity index (χ0) is 10.8. The molecule has 0 aromatic carbocycles. The van der Waals surface area contributed by atoms with Crippen molar-refractivity contribution in [3.63, 3.8) is 0 Å². The molecule has 0 amide bonds. The summed E-state index contributed by atoms with van der Waals surface area (Å²) in [5.74, 6) is 4.06. The van der Waals surface area contributed by atoms with Crippen LogP contribution in [0.3, 0.4) is 0 Å². The van der Waals surface area contributed by atoms with Crippen LogP contribution in [0.4, 0.5) is 0 Å². The van der Waals surface area contributed by atoms with E-state index < -0.39 is 0 Å². The number of carbonyl (C=O) groups is 1. The highest BCUT2D eigenvalue weighted by molar-refractivity contribution is 5.36. The largest absolute Gasteiger partial charge is 0.468 e. The Labute approximate surface area is 92.4 Å². The smallest absolute Gasteiger partial charge is 0.293 e. The minimum atomic E-state index is 0.601. The second-order valence-electron chi connectivity index (χ2n) is 5.54. The number of carbonyl (C=O) groups excluding carboxylic acids is 1. The Morgan fingerprint density at radius 2 is 1.87 bits per heavy atom. The molecule has 2 aliphatic carbocycles. The molecule has 86 valence electrons. The Bertz CT molecular complexity index is 227. The first-order chi connectivity index (χ1) is 7.24. The molecular formula is C13H22O2. The van der Waals surface area contributed by atoms with Crippen LogP contribution in [0.25, 0.3) is 0 Å². The minimum absolute atomic E-state index is 0.601. The van der Waals surface area contributed by atoms with Crippen LogP contribution in [0.1, 0.15) is 39.5 Å². The maximum atomic E-state index is 10.2. The van der Waals surface area contributed by atoms with E-state index in [1.807, 2.05) is 0 Å². The fraction of sp³-hybridized carbons (Fsp3) is 0.923. The predicted octanol–water partition coefficient (Wildman–Crippen LogP) is 2.87. The van der Waals surface area contributed by atoms with E-state index in [4.69, 9.17) is 4.74 Å². The molecule has 0 aromatic rings. The van der Waals surface area contributed by atoms with Gasteiger partial charge in [0.05, 0.1) is 6.61 Å². The molecule has 2 nitrogen and oxygen atoms in total. The highest BCUT2D eigenvalue weighted by atomic mass is 16.5. The van der Waals surface area contributed by atoms with Crippen molar-refractivity contribution >= 4 is 6.47 Å². The third kappa shape index (κ3) is 2.04. The fourth-order valence-corrected chi connectivity index (χ4v) is 3.98. The first-order valence-electron chi connectivity index (χ1n) is 6.29. The molecule has 0 aromatic heterocycles. The van der Waals surface area contributed by atoms with Crippen LogP contribution in [-0.4, -0.2) is 13.1 Å². The highest BCUT2D eigenvalue weighted by Gasteiger charge is 2.44. The summed E-state index contributed by atoms with van der Waals surface area (Å²) in [5.41, 5.74) is 0. The van der Waals surface area contributed by atoms with Gasteiger partial charge in [-0.1, -0.05) is 26.7 Å². The zero-order valence-electron chi connectivity index (χ0n) is 9.82. The van der Waals surface area contributed by atoms with Crippen LogP contribution in [0.2, 0.25) is 0 Å². The Balaban J connectivity index is 2.01. The van der Waals surface area contributed by atoms with E-state index in [0.717, 1.165) is 23.7 Å². The van der Waals surface area contributed by atoms with Crippen molar-refractivity contribution < 1.29 is 9.53 Å². The molecule has 2 saturated carbocycles. The molecule has 2 aliphatic rings. The predicted molar refractivity (Wildman–Crippen MR) is 59.3 cm³/mol. The van der Waals surface area contributed by atoms with E-state index >= 15 is 0 Å². The molecule has 2 rings (SSSR count). The van der Waals surface area contributed by atoms with Gasteiger partial charge in [-0.3, -0.25) is 4.79 Å². The number of fused-ring (bicyclic) bond motifs is 1. The standard InChI is InChI=1S/C13H22O2/c1-9-3-4-10(2)13-11(7-15-8-14)5-6-12(9)13/h8-13H,3-7H2,1-2H3. The van der Waals surface area contributed by atoms with Crippen molar-refractivity contribution in [3.05, 3.63) is 0 Å². The summed E-state index contributed by atoms with van der Waals surface area (Å²) >= 11 is 0. The Morgan fingerprint density at radius 1 is 1.13 bits per heavy atom. The second kappa shape index (κ2) is 4.54. The molecule has 0 heterocycles. The maximum absolute atomic E-state index is 10.2. The second-order valence-corrected chi connectivity index (χ2v) is 5.54. The van der Waals surface area contributed by atoms with Gasteiger partial charge >= 0.3 is 0 Å². The quantitative estimate of drug-likeness (QED) is 0.669. The van der Waals surface area contributed by atoms with Crippen LogP contribution in [0, 0.1) is 29.6 Å². The fourth-order valence-electron chi connectivity index (χ4n) is 3.98. The third-order valence-corrected chi connectivity index (χ3v) is 4.75. The van der Waals surface area contributed by atoms with Gasteiger partial charge in [0.1, 0.15) is 0 Å². The van der Waals surface area contributed by atoms with Crippen LogP contribution in [0.5, 0.6) is 0 Å². The van der Waals surface area contributed by atoms with Gasteiger partial charge in [0, 0.05) is 0 Å². The van der Waals surface area contributed by atoms with Crippen molar-refractivity contribution in [2.24, 2.45) is 29.6 Å². The Morgan fingerprint density at radius 3 is 2.60 bits per heavy atom. The van der Waals surface area contributed by atoms with E-state index in [0.29, 0.717) is 19.0 Å². The summed E-state index contributed by atoms with van der Waals surface area (Å²) in [6.07, 6.45) is 5.37. The van der Waals surface area contributed by atoms with E-state index in [1.165, 1.54) is 25.7 Å². The minimum Gasteiger partial charge on any atom is -0.468 e. The van der Waals surface area contributed by atoms with Crippen molar-refractivity contribution in [1.29, 1.82) is 0 Å². The van der Waals surface area contributed by atoms with Crippen molar-refractivity contribution in [3.8, 4) is 0 Å². The van der Waals surface area contributed by atoms with E-state index in [2.05, 4.69) is 13.8 Å². The topological polar surface area (TPSA) is 26.3 Å². The third-order valence-electron chi connectivity index (χ3n) is 4.75. The monoisotopic (exact) mass is 210 g/mol. The lowest BCUT2D eigenvalue weighted by Crippen LogP contribution is -2.33. The number of rotatable bonds is 3. The molecule has 0 bridgehead atoms. The van der Waals surface area contributed by atoms with Crippen LogP contribution in [-0.2, 0) is 9.53 Å². The lowest BCUT2D eigenvalue weighted by atomic mass is 9.67.